The van der Waals surface area contributed by atoms with Crippen LogP contribution < -0.4 is 10.6 Å². The topological polar surface area (TPSA) is 73.3 Å². The number of hydrogen-bond donors (Lipinski definition) is 3. The Kier molecular flexibility index (Phi) is 4.15. The Bertz CT molecular complexity index is 395. The first-order valence-electron chi connectivity index (χ1n) is 4.95. The molecule has 0 fully saturated rings. The van der Waals surface area contributed by atoms with Crippen molar-refractivity contribution < 1.29 is 5.11 Å². The summed E-state index contributed by atoms with van der Waals surface area (Å²) in [6.07, 6.45) is 0. The summed E-state index contributed by atoms with van der Waals surface area (Å²) in [5.74, 6) is -0.0329. The molecule has 0 aliphatic rings. The van der Waals surface area contributed by atoms with Crippen LogP contribution in [0, 0.1) is 5.41 Å². The van der Waals surface area contributed by atoms with Gasteiger partial charge in [-0.1, -0.05) is 11.6 Å². The Balaban J connectivity index is 3.17. The summed E-state index contributed by atoms with van der Waals surface area (Å²) < 4.78 is 0. The predicted molar refractivity (Wildman–Crippen MR) is 67.4 cm³/mol. The van der Waals surface area contributed by atoms with Crippen molar-refractivity contribution in [3.63, 3.8) is 0 Å². The van der Waals surface area contributed by atoms with Gasteiger partial charge in [0.15, 0.2) is 0 Å². The van der Waals surface area contributed by atoms with E-state index in [0.29, 0.717) is 10.6 Å². The van der Waals surface area contributed by atoms with Crippen LogP contribution in [0.2, 0.25) is 5.02 Å². The summed E-state index contributed by atoms with van der Waals surface area (Å²) >= 11 is 5.86. The Hall–Kier alpha value is -1.26. The number of aliphatic hydroxyl groups excluding tert-OH is 1. The van der Waals surface area contributed by atoms with Crippen LogP contribution in [0.4, 0.5) is 5.69 Å². The molecular weight excluding hydrogens is 226 g/mol. The van der Waals surface area contributed by atoms with E-state index >= 15 is 0 Å². The first kappa shape index (κ1) is 12.8. The van der Waals surface area contributed by atoms with Crippen LogP contribution in [-0.4, -0.2) is 30.6 Å². The average molecular weight is 242 g/mol. The lowest BCUT2D eigenvalue weighted by molar-refractivity contribution is 0.270. The van der Waals surface area contributed by atoms with Crippen LogP contribution in [0.3, 0.4) is 0 Å². The average Bonchev–Trinajstić information content (AvgIpc) is 2.26. The van der Waals surface area contributed by atoms with Gasteiger partial charge in [-0.15, -0.1) is 0 Å². The van der Waals surface area contributed by atoms with E-state index in [2.05, 4.69) is 0 Å². The van der Waals surface area contributed by atoms with Crippen molar-refractivity contribution in [3.8, 4) is 0 Å². The van der Waals surface area contributed by atoms with E-state index in [1.54, 1.807) is 18.2 Å². The fraction of sp³-hybridized carbons (Fsp3) is 0.364. The van der Waals surface area contributed by atoms with Gasteiger partial charge in [-0.3, -0.25) is 5.41 Å². The monoisotopic (exact) mass is 241 g/mol. The first-order chi connectivity index (χ1) is 7.47. The zero-order valence-electron chi connectivity index (χ0n) is 9.37. The molecule has 0 amide bonds. The minimum atomic E-state index is -0.0423. The summed E-state index contributed by atoms with van der Waals surface area (Å²) in [4.78, 5) is 1.87. The van der Waals surface area contributed by atoms with Crippen molar-refractivity contribution in [1.82, 2.24) is 0 Å². The Morgan fingerprint density at radius 3 is 2.75 bits per heavy atom. The van der Waals surface area contributed by atoms with Gasteiger partial charge < -0.3 is 15.7 Å². The molecule has 16 heavy (non-hydrogen) atoms. The van der Waals surface area contributed by atoms with Crippen molar-refractivity contribution >= 4 is 23.1 Å². The van der Waals surface area contributed by atoms with E-state index in [1.807, 2.05) is 18.9 Å². The molecule has 5 heteroatoms. The number of aliphatic hydroxyl groups is 1. The van der Waals surface area contributed by atoms with Gasteiger partial charge in [0, 0.05) is 29.4 Å². The normalized spacial score (nSPS) is 12.2. The quantitative estimate of drug-likeness (QED) is 0.552. The maximum atomic E-state index is 9.10. The fourth-order valence-electron chi connectivity index (χ4n) is 1.39. The summed E-state index contributed by atoms with van der Waals surface area (Å²) in [6, 6.07) is 5.15. The van der Waals surface area contributed by atoms with E-state index in [4.69, 9.17) is 27.9 Å². The second-order valence-corrected chi connectivity index (χ2v) is 4.15. The number of likely N-dealkylation sites (N-methyl/N-ethyl adjacent to an activating group) is 1. The number of nitrogens with two attached hydrogens (primary N) is 1. The number of anilines is 1. The van der Waals surface area contributed by atoms with Crippen LogP contribution in [0.25, 0.3) is 0 Å². The lowest BCUT2D eigenvalue weighted by Gasteiger charge is -2.27. The first-order valence-corrected chi connectivity index (χ1v) is 5.32. The third kappa shape index (κ3) is 2.65. The Morgan fingerprint density at radius 1 is 1.62 bits per heavy atom. The highest BCUT2D eigenvalue weighted by atomic mass is 35.5. The van der Waals surface area contributed by atoms with Gasteiger partial charge >= 0.3 is 0 Å². The second-order valence-electron chi connectivity index (χ2n) is 3.72. The van der Waals surface area contributed by atoms with Gasteiger partial charge in [0.1, 0.15) is 5.84 Å². The minimum Gasteiger partial charge on any atom is -0.394 e. The molecule has 0 heterocycles. The van der Waals surface area contributed by atoms with Crippen LogP contribution in [-0.2, 0) is 0 Å². The molecular formula is C11H16ClN3O. The number of nitrogens with one attached hydrogen (secondary N) is 1. The minimum absolute atomic E-state index is 0.0329. The molecule has 0 aromatic heterocycles. The predicted octanol–water partition coefficient (Wildman–Crippen LogP) is 1.44. The van der Waals surface area contributed by atoms with Crippen molar-refractivity contribution in [3.05, 3.63) is 28.8 Å². The molecule has 0 radical (unpaired) electrons. The molecule has 1 aromatic carbocycles. The molecule has 0 aliphatic carbocycles. The fourth-order valence-corrected chi connectivity index (χ4v) is 1.56. The molecule has 0 saturated carbocycles. The van der Waals surface area contributed by atoms with E-state index in [9.17, 15) is 0 Å². The summed E-state index contributed by atoms with van der Waals surface area (Å²) in [5.41, 5.74) is 6.87. The van der Waals surface area contributed by atoms with Crippen molar-refractivity contribution in [2.24, 2.45) is 5.73 Å². The molecule has 4 N–H and O–H groups in total. The lowest BCUT2D eigenvalue weighted by atomic mass is 10.1. The second kappa shape index (κ2) is 5.18. The molecule has 1 unspecified atom stereocenters. The molecule has 4 nitrogen and oxygen atoms in total. The van der Waals surface area contributed by atoms with Crippen LogP contribution in [0.5, 0.6) is 0 Å². The van der Waals surface area contributed by atoms with Gasteiger partial charge in [0.25, 0.3) is 0 Å². The number of rotatable bonds is 4. The van der Waals surface area contributed by atoms with Gasteiger partial charge in [-0.25, -0.2) is 0 Å². The largest absolute Gasteiger partial charge is 0.394 e. The highest BCUT2D eigenvalue weighted by Crippen LogP contribution is 2.24. The number of nitrogens with zero attached hydrogens (tertiary/aromatic N) is 1. The zero-order chi connectivity index (χ0) is 12.3. The zero-order valence-corrected chi connectivity index (χ0v) is 10.1. The summed E-state index contributed by atoms with van der Waals surface area (Å²) in [5, 5.41) is 17.1. The highest BCUT2D eigenvalue weighted by molar-refractivity contribution is 6.31. The SMILES string of the molecule is CC(CO)N(C)c1ccc(Cl)cc1C(=N)N. The van der Waals surface area contributed by atoms with Crippen LogP contribution in [0.1, 0.15) is 12.5 Å². The third-order valence-corrected chi connectivity index (χ3v) is 2.79. The van der Waals surface area contributed by atoms with E-state index in [0.717, 1.165) is 5.69 Å². The van der Waals surface area contributed by atoms with Gasteiger partial charge in [-0.05, 0) is 25.1 Å². The Morgan fingerprint density at radius 2 is 2.25 bits per heavy atom. The van der Waals surface area contributed by atoms with Gasteiger partial charge in [-0.2, -0.15) is 0 Å². The van der Waals surface area contributed by atoms with E-state index in [1.165, 1.54) is 0 Å². The lowest BCUT2D eigenvalue weighted by Crippen LogP contribution is -2.33. The van der Waals surface area contributed by atoms with E-state index < -0.39 is 0 Å². The van der Waals surface area contributed by atoms with Crippen LogP contribution in [0.15, 0.2) is 18.2 Å². The highest BCUT2D eigenvalue weighted by Gasteiger charge is 2.14. The smallest absolute Gasteiger partial charge is 0.124 e. The van der Waals surface area contributed by atoms with Gasteiger partial charge in [0.05, 0.1) is 6.61 Å². The molecule has 1 aromatic rings. The third-order valence-electron chi connectivity index (χ3n) is 2.55. The number of halogens is 1. The summed E-state index contributed by atoms with van der Waals surface area (Å²) in [7, 11) is 1.84. The number of hydrogen-bond acceptors (Lipinski definition) is 3. The number of nitrogen functional groups attached to an aromatic ring is 1. The number of amidine groups is 1. The molecule has 0 aliphatic heterocycles. The molecule has 1 atom stereocenters. The van der Waals surface area contributed by atoms with Crippen molar-refractivity contribution in [1.29, 1.82) is 5.41 Å². The maximum absolute atomic E-state index is 9.10. The maximum Gasteiger partial charge on any atom is 0.124 e. The standard InChI is InChI=1S/C11H16ClN3O/c1-7(6-16)15(2)10-4-3-8(12)5-9(10)11(13)14/h3-5,7,16H,6H2,1-2H3,(H3,13,14). The van der Waals surface area contributed by atoms with Crippen molar-refractivity contribution in [2.45, 2.75) is 13.0 Å². The molecule has 88 valence electrons. The number of benzene rings is 1. The molecule has 0 bridgehead atoms. The molecule has 0 spiro atoms. The Labute approximate surface area is 100 Å². The van der Waals surface area contributed by atoms with E-state index in [-0.39, 0.29) is 18.5 Å². The summed E-state index contributed by atoms with van der Waals surface area (Å²) in [6.45, 7) is 1.93. The van der Waals surface area contributed by atoms with Crippen molar-refractivity contribution in [2.75, 3.05) is 18.6 Å². The molecule has 1 rings (SSSR count). The molecule has 0 saturated heterocycles. The van der Waals surface area contributed by atoms with Gasteiger partial charge in [0.2, 0.25) is 0 Å². The van der Waals surface area contributed by atoms with Crippen LogP contribution >= 0.6 is 11.6 Å².